The first kappa shape index (κ1) is 22.8. The summed E-state index contributed by atoms with van der Waals surface area (Å²) in [6.07, 6.45) is -4.02. The SMILES string of the molecule is CCOc1cccc(NC(=S)OC)c1COc1cc(C)c(CC)cc1C(F)(F)F. The molecule has 0 saturated heterocycles. The molecule has 0 heterocycles. The highest BCUT2D eigenvalue weighted by Crippen LogP contribution is 2.39. The second-order valence-electron chi connectivity index (χ2n) is 6.25. The molecule has 0 unspecified atom stereocenters. The fraction of sp³-hybridized carbons (Fsp3) is 0.381. The Labute approximate surface area is 174 Å². The third kappa shape index (κ3) is 5.76. The van der Waals surface area contributed by atoms with Gasteiger partial charge in [-0.25, -0.2) is 0 Å². The Kier molecular flexibility index (Phi) is 7.73. The van der Waals surface area contributed by atoms with Crippen LogP contribution in [-0.4, -0.2) is 18.9 Å². The number of aryl methyl sites for hydroxylation is 2. The van der Waals surface area contributed by atoms with Crippen molar-refractivity contribution in [1.82, 2.24) is 0 Å². The van der Waals surface area contributed by atoms with Crippen LogP contribution in [-0.2, 0) is 23.9 Å². The van der Waals surface area contributed by atoms with Crippen molar-refractivity contribution in [3.63, 3.8) is 0 Å². The summed E-state index contributed by atoms with van der Waals surface area (Å²) < 4.78 is 56.9. The standard InChI is InChI=1S/C21H24F3NO3S/c1-5-14-11-16(21(22,23)24)19(10-13(14)3)28-12-15-17(25-20(29)26-4)8-7-9-18(15)27-6-2/h7-11H,5-6,12H2,1-4H3,(H,25,29). The van der Waals surface area contributed by atoms with Gasteiger partial charge >= 0.3 is 6.18 Å². The summed E-state index contributed by atoms with van der Waals surface area (Å²) in [6.45, 7) is 5.66. The molecular formula is C21H24F3NO3S. The van der Waals surface area contributed by atoms with Crippen molar-refractivity contribution >= 4 is 23.1 Å². The first-order valence-corrected chi connectivity index (χ1v) is 9.55. The lowest BCUT2D eigenvalue weighted by atomic mass is 10.0. The second kappa shape index (κ2) is 9.82. The van der Waals surface area contributed by atoms with Crippen molar-refractivity contribution in [3.8, 4) is 11.5 Å². The van der Waals surface area contributed by atoms with E-state index in [0.717, 1.165) is 11.6 Å². The van der Waals surface area contributed by atoms with Crippen molar-refractivity contribution < 1.29 is 27.4 Å². The topological polar surface area (TPSA) is 39.7 Å². The van der Waals surface area contributed by atoms with Crippen LogP contribution in [0.25, 0.3) is 0 Å². The lowest BCUT2D eigenvalue weighted by Crippen LogP contribution is -2.15. The van der Waals surface area contributed by atoms with Gasteiger partial charge in [-0.2, -0.15) is 13.2 Å². The Morgan fingerprint density at radius 1 is 1.10 bits per heavy atom. The van der Waals surface area contributed by atoms with Crippen LogP contribution in [0, 0.1) is 6.92 Å². The average molecular weight is 427 g/mol. The molecule has 0 aliphatic rings. The zero-order valence-corrected chi connectivity index (χ0v) is 17.6. The number of anilines is 1. The molecular weight excluding hydrogens is 403 g/mol. The van der Waals surface area contributed by atoms with Gasteiger partial charge in [-0.15, -0.1) is 0 Å². The van der Waals surface area contributed by atoms with E-state index in [1.54, 1.807) is 25.1 Å². The van der Waals surface area contributed by atoms with Crippen LogP contribution in [0.1, 0.15) is 36.1 Å². The van der Waals surface area contributed by atoms with Crippen LogP contribution in [0.3, 0.4) is 0 Å². The largest absolute Gasteiger partial charge is 0.493 e. The first-order chi connectivity index (χ1) is 13.7. The smallest absolute Gasteiger partial charge is 0.419 e. The highest BCUT2D eigenvalue weighted by atomic mass is 32.1. The summed E-state index contributed by atoms with van der Waals surface area (Å²) in [6, 6.07) is 7.77. The Morgan fingerprint density at radius 3 is 2.41 bits per heavy atom. The number of hydrogen-bond acceptors (Lipinski definition) is 4. The Balaban J connectivity index is 2.42. The molecule has 0 amide bonds. The molecule has 29 heavy (non-hydrogen) atoms. The molecule has 2 aromatic rings. The monoisotopic (exact) mass is 427 g/mol. The molecule has 0 radical (unpaired) electrons. The molecule has 0 bridgehead atoms. The van der Waals surface area contributed by atoms with Gasteiger partial charge in [0.15, 0.2) is 0 Å². The van der Waals surface area contributed by atoms with Gasteiger partial charge in [-0.05, 0) is 67.9 Å². The number of nitrogens with one attached hydrogen (secondary N) is 1. The van der Waals surface area contributed by atoms with E-state index in [4.69, 9.17) is 26.4 Å². The number of rotatable bonds is 7. The molecule has 158 valence electrons. The lowest BCUT2D eigenvalue weighted by molar-refractivity contribution is -0.139. The van der Waals surface area contributed by atoms with Crippen molar-refractivity contribution in [2.75, 3.05) is 19.0 Å². The second-order valence-corrected chi connectivity index (χ2v) is 6.62. The number of methoxy groups -OCH3 is 1. The molecule has 1 N–H and O–H groups in total. The van der Waals surface area contributed by atoms with E-state index < -0.39 is 11.7 Å². The molecule has 0 aliphatic carbocycles. The van der Waals surface area contributed by atoms with Crippen molar-refractivity contribution in [1.29, 1.82) is 0 Å². The van der Waals surface area contributed by atoms with E-state index in [1.807, 2.05) is 13.8 Å². The number of thiocarbonyl (C=S) groups is 1. The Morgan fingerprint density at radius 2 is 1.83 bits per heavy atom. The zero-order chi connectivity index (χ0) is 21.6. The van der Waals surface area contributed by atoms with E-state index in [9.17, 15) is 13.2 Å². The fourth-order valence-corrected chi connectivity index (χ4v) is 2.99. The average Bonchev–Trinajstić information content (AvgIpc) is 2.66. The van der Waals surface area contributed by atoms with Gasteiger partial charge in [-0.3, -0.25) is 0 Å². The minimum absolute atomic E-state index is 0.124. The van der Waals surface area contributed by atoms with Gasteiger partial charge in [0.05, 0.1) is 30.5 Å². The minimum Gasteiger partial charge on any atom is -0.493 e. The van der Waals surface area contributed by atoms with Gasteiger partial charge in [0.2, 0.25) is 0 Å². The molecule has 0 atom stereocenters. The highest BCUT2D eigenvalue weighted by Gasteiger charge is 2.35. The molecule has 0 fully saturated rings. The minimum atomic E-state index is -4.52. The van der Waals surface area contributed by atoms with Crippen LogP contribution in [0.2, 0.25) is 0 Å². The highest BCUT2D eigenvalue weighted by molar-refractivity contribution is 7.80. The predicted molar refractivity (Wildman–Crippen MR) is 111 cm³/mol. The number of halogens is 3. The molecule has 2 aromatic carbocycles. The molecule has 2 rings (SSSR count). The maximum absolute atomic E-state index is 13.6. The summed E-state index contributed by atoms with van der Waals surface area (Å²) in [5.41, 5.74) is 1.66. The Bertz CT molecular complexity index is 869. The van der Waals surface area contributed by atoms with E-state index in [2.05, 4.69) is 5.32 Å². The third-order valence-electron chi connectivity index (χ3n) is 4.35. The number of ether oxygens (including phenoxy) is 3. The maximum atomic E-state index is 13.6. The van der Waals surface area contributed by atoms with Crippen LogP contribution < -0.4 is 14.8 Å². The van der Waals surface area contributed by atoms with Crippen LogP contribution in [0.5, 0.6) is 11.5 Å². The number of alkyl halides is 3. The van der Waals surface area contributed by atoms with Gasteiger partial charge in [-0.1, -0.05) is 13.0 Å². The zero-order valence-electron chi connectivity index (χ0n) is 16.8. The normalized spacial score (nSPS) is 11.1. The van der Waals surface area contributed by atoms with Crippen LogP contribution in [0.15, 0.2) is 30.3 Å². The summed E-state index contributed by atoms with van der Waals surface area (Å²) in [4.78, 5) is 0. The van der Waals surface area contributed by atoms with E-state index in [-0.39, 0.29) is 17.5 Å². The summed E-state index contributed by atoms with van der Waals surface area (Å²) in [5.74, 6) is 0.269. The molecule has 4 nitrogen and oxygen atoms in total. The summed E-state index contributed by atoms with van der Waals surface area (Å²) in [5, 5.41) is 3.02. The predicted octanol–water partition coefficient (Wildman–Crippen LogP) is 5.90. The van der Waals surface area contributed by atoms with Crippen LogP contribution >= 0.6 is 12.2 Å². The quantitative estimate of drug-likeness (QED) is 0.558. The van der Waals surface area contributed by atoms with Gasteiger partial charge in [0.1, 0.15) is 18.1 Å². The first-order valence-electron chi connectivity index (χ1n) is 9.14. The van der Waals surface area contributed by atoms with Gasteiger partial charge < -0.3 is 19.5 Å². The molecule has 0 saturated carbocycles. The number of hydrogen-bond donors (Lipinski definition) is 1. The molecule has 0 spiro atoms. The molecule has 0 aliphatic heterocycles. The van der Waals surface area contributed by atoms with Crippen LogP contribution in [0.4, 0.5) is 18.9 Å². The lowest BCUT2D eigenvalue weighted by Gasteiger charge is -2.20. The number of benzene rings is 2. The fourth-order valence-electron chi connectivity index (χ4n) is 2.88. The van der Waals surface area contributed by atoms with Gasteiger partial charge in [0, 0.05) is 0 Å². The third-order valence-corrected chi connectivity index (χ3v) is 4.62. The molecule has 8 heteroatoms. The summed E-state index contributed by atoms with van der Waals surface area (Å²) >= 11 is 5.03. The Hall–Kier alpha value is -2.48. The maximum Gasteiger partial charge on any atom is 0.419 e. The van der Waals surface area contributed by atoms with Crippen molar-refractivity contribution in [2.45, 2.75) is 40.0 Å². The van der Waals surface area contributed by atoms with Gasteiger partial charge in [0.25, 0.3) is 5.17 Å². The molecule has 0 aromatic heterocycles. The van der Waals surface area contributed by atoms with E-state index in [1.165, 1.54) is 13.2 Å². The van der Waals surface area contributed by atoms with Crippen molar-refractivity contribution in [2.24, 2.45) is 0 Å². The van der Waals surface area contributed by atoms with E-state index in [0.29, 0.717) is 35.6 Å². The van der Waals surface area contributed by atoms with Crippen molar-refractivity contribution in [3.05, 3.63) is 52.6 Å². The van der Waals surface area contributed by atoms with E-state index >= 15 is 0 Å². The summed E-state index contributed by atoms with van der Waals surface area (Å²) in [7, 11) is 1.42.